The largest absolute Gasteiger partial charge is 0.224 e. The van der Waals surface area contributed by atoms with Gasteiger partial charge in [0.05, 0.1) is 0 Å². The molecular formula is C7H4F3O2S. The van der Waals surface area contributed by atoms with E-state index in [1.807, 2.05) is 0 Å². The number of hydrogen-bond acceptors (Lipinski definition) is 2. The average Bonchev–Trinajstić information content (AvgIpc) is 1.98. The van der Waals surface area contributed by atoms with Crippen molar-refractivity contribution in [1.29, 1.82) is 0 Å². The molecule has 0 spiro atoms. The fraction of sp³-hybridized carbons (Fsp3) is 0.143. The summed E-state index contributed by atoms with van der Waals surface area (Å²) in [4.78, 5) is -0.897. The molecule has 0 saturated heterocycles. The van der Waals surface area contributed by atoms with Crippen molar-refractivity contribution in [1.82, 2.24) is 0 Å². The highest BCUT2D eigenvalue weighted by molar-refractivity contribution is 7.90. The lowest BCUT2D eigenvalue weighted by molar-refractivity contribution is 0.431. The molecule has 0 aliphatic heterocycles. The fourth-order valence-electron chi connectivity index (χ4n) is 0.730. The first-order valence-corrected chi connectivity index (χ1v) is 4.98. The topological polar surface area (TPSA) is 34.1 Å². The summed E-state index contributed by atoms with van der Waals surface area (Å²) < 4.78 is 59.0. The number of halogens is 3. The molecule has 6 heteroatoms. The monoisotopic (exact) mass is 209 g/mol. The van der Waals surface area contributed by atoms with Crippen LogP contribution in [0.2, 0.25) is 0 Å². The lowest BCUT2D eigenvalue weighted by atomic mass is 10.3. The van der Waals surface area contributed by atoms with Gasteiger partial charge < -0.3 is 0 Å². The summed E-state index contributed by atoms with van der Waals surface area (Å²) >= 11 is 0. The second-order valence-corrected chi connectivity index (χ2v) is 4.35. The Bertz CT molecular complexity index is 439. The summed E-state index contributed by atoms with van der Waals surface area (Å²) in [7, 11) is -3.89. The predicted molar refractivity (Wildman–Crippen MR) is 38.3 cm³/mol. The quantitative estimate of drug-likeness (QED) is 0.516. The van der Waals surface area contributed by atoms with Crippen LogP contribution < -0.4 is 0 Å². The van der Waals surface area contributed by atoms with E-state index in [1.54, 1.807) is 6.07 Å². The number of benzene rings is 1. The summed E-state index contributed by atoms with van der Waals surface area (Å²) in [6.45, 7) is 0. The minimum atomic E-state index is -3.89. The molecule has 0 bridgehead atoms. The van der Waals surface area contributed by atoms with Crippen LogP contribution in [0, 0.1) is 23.5 Å². The van der Waals surface area contributed by atoms with Gasteiger partial charge in [0.15, 0.2) is 27.3 Å². The molecule has 71 valence electrons. The van der Waals surface area contributed by atoms with Crippen LogP contribution in [0.1, 0.15) is 0 Å². The van der Waals surface area contributed by atoms with Gasteiger partial charge in [-0.3, -0.25) is 0 Å². The molecular weight excluding hydrogens is 205 g/mol. The Kier molecular flexibility index (Phi) is 2.34. The van der Waals surface area contributed by atoms with Gasteiger partial charge in [0.25, 0.3) is 0 Å². The minimum absolute atomic E-state index is 0.559. The van der Waals surface area contributed by atoms with Crippen LogP contribution in [-0.4, -0.2) is 14.7 Å². The molecule has 0 amide bonds. The highest BCUT2D eigenvalue weighted by Gasteiger charge is 2.20. The maximum Gasteiger partial charge on any atom is 0.196 e. The molecule has 0 aliphatic rings. The maximum atomic E-state index is 12.7. The second kappa shape index (κ2) is 3.02. The Morgan fingerprint density at radius 2 is 1.77 bits per heavy atom. The van der Waals surface area contributed by atoms with Crippen LogP contribution in [-0.2, 0) is 9.84 Å². The van der Waals surface area contributed by atoms with Crippen molar-refractivity contribution in [3.63, 3.8) is 0 Å². The van der Waals surface area contributed by atoms with Crippen molar-refractivity contribution in [2.75, 3.05) is 6.26 Å². The van der Waals surface area contributed by atoms with E-state index >= 15 is 0 Å². The van der Waals surface area contributed by atoms with Gasteiger partial charge in [-0.2, -0.15) is 0 Å². The maximum absolute atomic E-state index is 12.7. The van der Waals surface area contributed by atoms with Gasteiger partial charge in [0.2, 0.25) is 0 Å². The van der Waals surface area contributed by atoms with E-state index in [1.165, 1.54) is 0 Å². The van der Waals surface area contributed by atoms with Crippen molar-refractivity contribution >= 4 is 9.84 Å². The van der Waals surface area contributed by atoms with Crippen molar-refractivity contribution in [2.24, 2.45) is 0 Å². The molecule has 0 unspecified atom stereocenters. The number of sulfone groups is 1. The lowest BCUT2D eigenvalue weighted by Crippen LogP contribution is -2.04. The molecule has 2 nitrogen and oxygen atoms in total. The molecule has 0 saturated carbocycles. The average molecular weight is 209 g/mol. The van der Waals surface area contributed by atoms with Crippen LogP contribution in [0.3, 0.4) is 0 Å². The highest BCUT2D eigenvalue weighted by atomic mass is 32.2. The van der Waals surface area contributed by atoms with Gasteiger partial charge in [0, 0.05) is 12.3 Å². The zero-order valence-electron chi connectivity index (χ0n) is 6.44. The number of rotatable bonds is 1. The smallest absolute Gasteiger partial charge is 0.196 e. The standard InChI is InChI=1S/C7H4F3O2S/c1-13(11,12)5-3-2-4(8)6(9)7(5)10/h3H,1H3. The Labute approximate surface area is 72.9 Å². The SMILES string of the molecule is CS(=O)(=O)c1c[c]c(F)c(F)c1F. The Hall–Kier alpha value is -1.04. The molecule has 1 aromatic carbocycles. The lowest BCUT2D eigenvalue weighted by Gasteiger charge is -2.00. The summed E-state index contributed by atoms with van der Waals surface area (Å²) in [5, 5.41) is 0. The predicted octanol–water partition coefficient (Wildman–Crippen LogP) is 1.31. The Balaban J connectivity index is 3.53. The molecule has 1 radical (unpaired) electrons. The van der Waals surface area contributed by atoms with Gasteiger partial charge in [-0.05, 0) is 6.07 Å². The third-order valence-electron chi connectivity index (χ3n) is 1.33. The first kappa shape index (κ1) is 10.0. The summed E-state index contributed by atoms with van der Waals surface area (Å²) in [5.74, 6) is -5.08. The van der Waals surface area contributed by atoms with Gasteiger partial charge in [-0.15, -0.1) is 0 Å². The third-order valence-corrected chi connectivity index (χ3v) is 2.43. The van der Waals surface area contributed by atoms with Crippen molar-refractivity contribution < 1.29 is 21.6 Å². The molecule has 1 aromatic rings. The fourth-order valence-corrected chi connectivity index (χ4v) is 1.42. The Morgan fingerprint density at radius 3 is 2.23 bits per heavy atom. The number of hydrogen-bond donors (Lipinski definition) is 0. The van der Waals surface area contributed by atoms with Crippen molar-refractivity contribution in [2.45, 2.75) is 4.90 Å². The van der Waals surface area contributed by atoms with E-state index in [4.69, 9.17) is 0 Å². The molecule has 13 heavy (non-hydrogen) atoms. The van der Waals surface area contributed by atoms with Crippen LogP contribution >= 0.6 is 0 Å². The zero-order valence-corrected chi connectivity index (χ0v) is 7.25. The zero-order chi connectivity index (χ0) is 10.2. The summed E-state index contributed by atoms with van der Waals surface area (Å²) in [6, 6.07) is 2.21. The van der Waals surface area contributed by atoms with Gasteiger partial charge in [0.1, 0.15) is 4.90 Å². The van der Waals surface area contributed by atoms with E-state index in [-0.39, 0.29) is 0 Å². The van der Waals surface area contributed by atoms with Crippen LogP contribution in [0.15, 0.2) is 11.0 Å². The van der Waals surface area contributed by atoms with E-state index in [2.05, 4.69) is 0 Å². The van der Waals surface area contributed by atoms with E-state index in [0.29, 0.717) is 12.3 Å². The third kappa shape index (κ3) is 1.82. The first-order valence-electron chi connectivity index (χ1n) is 3.09. The van der Waals surface area contributed by atoms with Gasteiger partial charge in [-0.25, -0.2) is 21.6 Å². The molecule has 0 fully saturated rings. The first-order chi connectivity index (χ1) is 5.84. The van der Waals surface area contributed by atoms with E-state index in [0.717, 1.165) is 0 Å². The van der Waals surface area contributed by atoms with Crippen LogP contribution in [0.4, 0.5) is 13.2 Å². The molecule has 1 rings (SSSR count). The molecule has 0 heterocycles. The highest BCUT2D eigenvalue weighted by Crippen LogP contribution is 2.18. The minimum Gasteiger partial charge on any atom is -0.224 e. The second-order valence-electron chi connectivity index (χ2n) is 2.37. The normalized spacial score (nSPS) is 11.7. The van der Waals surface area contributed by atoms with E-state index < -0.39 is 32.2 Å². The Morgan fingerprint density at radius 1 is 1.23 bits per heavy atom. The molecule has 0 aromatic heterocycles. The van der Waals surface area contributed by atoms with Crippen molar-refractivity contribution in [3.8, 4) is 0 Å². The van der Waals surface area contributed by atoms with Crippen LogP contribution in [0.5, 0.6) is 0 Å². The van der Waals surface area contributed by atoms with Crippen LogP contribution in [0.25, 0.3) is 0 Å². The molecule has 0 N–H and O–H groups in total. The summed E-state index contributed by atoms with van der Waals surface area (Å²) in [6.07, 6.45) is 0.691. The molecule has 0 atom stereocenters. The van der Waals surface area contributed by atoms with Crippen molar-refractivity contribution in [3.05, 3.63) is 29.6 Å². The van der Waals surface area contributed by atoms with E-state index in [9.17, 15) is 21.6 Å². The molecule has 0 aliphatic carbocycles. The summed E-state index contributed by atoms with van der Waals surface area (Å²) in [5.41, 5.74) is 0. The van der Waals surface area contributed by atoms with Gasteiger partial charge in [-0.1, -0.05) is 0 Å². The van der Waals surface area contributed by atoms with Gasteiger partial charge >= 0.3 is 0 Å².